The first-order valence-electron chi connectivity index (χ1n) is 9.31. The summed E-state index contributed by atoms with van der Waals surface area (Å²) >= 11 is 0. The summed E-state index contributed by atoms with van der Waals surface area (Å²) in [5.74, 6) is -0.537. The molecule has 0 spiro atoms. The monoisotopic (exact) mass is 393 g/mol. The summed E-state index contributed by atoms with van der Waals surface area (Å²) < 4.78 is 14.5. The highest BCUT2D eigenvalue weighted by atomic mass is 16.5. The number of carbonyl (C=O) groups excluding carboxylic acids is 2. The van der Waals surface area contributed by atoms with Crippen LogP contribution in [0.1, 0.15) is 63.3 Å². The van der Waals surface area contributed by atoms with E-state index in [1.165, 1.54) is 0 Å². The SMILES string of the molecule is Cc1oc(-n2cccc2)c(C#N)c1C(=O)OCC(=O)c1cc(C)n(C(C)C)c1C. The maximum absolute atomic E-state index is 12.6. The molecule has 0 amide bonds. The van der Waals surface area contributed by atoms with E-state index in [-0.39, 0.29) is 34.6 Å². The average Bonchev–Trinajstić information content (AvgIpc) is 3.36. The molecule has 150 valence electrons. The van der Waals surface area contributed by atoms with Crippen molar-refractivity contribution in [3.63, 3.8) is 0 Å². The lowest BCUT2D eigenvalue weighted by atomic mass is 10.1. The number of esters is 1. The van der Waals surface area contributed by atoms with E-state index in [0.29, 0.717) is 5.56 Å². The Bertz CT molecular complexity index is 1110. The first-order chi connectivity index (χ1) is 13.8. The highest BCUT2D eigenvalue weighted by Crippen LogP contribution is 2.26. The van der Waals surface area contributed by atoms with Crippen molar-refractivity contribution in [3.8, 4) is 12.0 Å². The molecule has 0 saturated carbocycles. The highest BCUT2D eigenvalue weighted by molar-refractivity contribution is 6.01. The molecule has 0 atom stereocenters. The maximum atomic E-state index is 12.6. The molecule has 0 saturated heterocycles. The number of hydrogen-bond donors (Lipinski definition) is 0. The zero-order valence-corrected chi connectivity index (χ0v) is 17.1. The Morgan fingerprint density at radius 1 is 1.21 bits per heavy atom. The van der Waals surface area contributed by atoms with E-state index in [9.17, 15) is 14.9 Å². The molecule has 0 bridgehead atoms. The van der Waals surface area contributed by atoms with Gasteiger partial charge in [0.15, 0.2) is 6.61 Å². The molecule has 0 N–H and O–H groups in total. The number of hydrogen-bond acceptors (Lipinski definition) is 5. The largest absolute Gasteiger partial charge is 0.454 e. The van der Waals surface area contributed by atoms with Gasteiger partial charge in [0.05, 0.1) is 0 Å². The number of aromatic nitrogens is 2. The van der Waals surface area contributed by atoms with Gasteiger partial charge in [-0.2, -0.15) is 5.26 Å². The van der Waals surface area contributed by atoms with Crippen LogP contribution in [-0.4, -0.2) is 27.5 Å². The van der Waals surface area contributed by atoms with Crippen molar-refractivity contribution in [3.05, 3.63) is 64.4 Å². The van der Waals surface area contributed by atoms with Gasteiger partial charge >= 0.3 is 5.97 Å². The van der Waals surface area contributed by atoms with Crippen molar-refractivity contribution in [2.75, 3.05) is 6.61 Å². The minimum absolute atomic E-state index is 0.0386. The van der Waals surface area contributed by atoms with Crippen LogP contribution in [0, 0.1) is 32.1 Å². The quantitative estimate of drug-likeness (QED) is 0.460. The standard InChI is InChI=1S/C22H23N3O4/c1-13(2)25-14(3)10-17(15(25)4)19(26)12-28-22(27)20-16(5)29-21(18(20)11-23)24-8-6-7-9-24/h6-10,13H,12H2,1-5H3. The number of carbonyl (C=O) groups is 2. The molecule has 0 unspecified atom stereocenters. The molecule has 3 aromatic heterocycles. The van der Waals surface area contributed by atoms with Crippen LogP contribution in [-0.2, 0) is 4.74 Å². The molecular weight excluding hydrogens is 370 g/mol. The molecule has 0 radical (unpaired) electrons. The maximum Gasteiger partial charge on any atom is 0.343 e. The van der Waals surface area contributed by atoms with Gasteiger partial charge in [0, 0.05) is 35.4 Å². The summed E-state index contributed by atoms with van der Waals surface area (Å²) in [6, 6.07) is 7.59. The van der Waals surface area contributed by atoms with Crippen molar-refractivity contribution in [1.82, 2.24) is 9.13 Å². The number of nitriles is 1. The van der Waals surface area contributed by atoms with Crippen molar-refractivity contribution >= 4 is 11.8 Å². The van der Waals surface area contributed by atoms with Gasteiger partial charge in [-0.1, -0.05) is 0 Å². The topological polar surface area (TPSA) is 90.2 Å². The summed E-state index contributed by atoms with van der Waals surface area (Å²) in [6.45, 7) is 9.08. The van der Waals surface area contributed by atoms with Crippen molar-refractivity contribution in [1.29, 1.82) is 5.26 Å². The molecule has 3 aromatic rings. The highest BCUT2D eigenvalue weighted by Gasteiger charge is 2.27. The van der Waals surface area contributed by atoms with Crippen LogP contribution in [0.15, 0.2) is 35.0 Å². The first-order valence-corrected chi connectivity index (χ1v) is 9.31. The fraction of sp³-hybridized carbons (Fsp3) is 0.318. The molecule has 0 aliphatic heterocycles. The number of Topliss-reactive ketones (excluding diaryl/α,β-unsaturated/α-hetero) is 1. The molecule has 7 nitrogen and oxygen atoms in total. The summed E-state index contributed by atoms with van der Waals surface area (Å²) in [5.41, 5.74) is 2.46. The Labute approximate surface area is 169 Å². The summed E-state index contributed by atoms with van der Waals surface area (Å²) in [7, 11) is 0. The second-order valence-electron chi connectivity index (χ2n) is 7.16. The first kappa shape index (κ1) is 20.2. The normalized spacial score (nSPS) is 10.9. The smallest absolute Gasteiger partial charge is 0.343 e. The van der Waals surface area contributed by atoms with E-state index in [2.05, 4.69) is 4.57 Å². The van der Waals surface area contributed by atoms with Gasteiger partial charge < -0.3 is 13.7 Å². The van der Waals surface area contributed by atoms with E-state index < -0.39 is 12.6 Å². The van der Waals surface area contributed by atoms with Crippen LogP contribution in [0.25, 0.3) is 5.88 Å². The lowest BCUT2D eigenvalue weighted by molar-refractivity contribution is 0.0472. The minimum atomic E-state index is -0.757. The number of rotatable bonds is 6. The lowest BCUT2D eigenvalue weighted by Gasteiger charge is -2.13. The van der Waals surface area contributed by atoms with Crippen LogP contribution in [0.4, 0.5) is 0 Å². The van der Waals surface area contributed by atoms with E-state index in [1.807, 2.05) is 33.8 Å². The van der Waals surface area contributed by atoms with E-state index in [1.54, 1.807) is 42.1 Å². The molecular formula is C22H23N3O4. The van der Waals surface area contributed by atoms with Gasteiger partial charge in [0.2, 0.25) is 11.7 Å². The van der Waals surface area contributed by atoms with Gasteiger partial charge in [-0.05, 0) is 52.8 Å². The van der Waals surface area contributed by atoms with Gasteiger partial charge in [0.1, 0.15) is 23.0 Å². The predicted molar refractivity (Wildman–Crippen MR) is 106 cm³/mol. The van der Waals surface area contributed by atoms with Crippen molar-refractivity contribution in [2.45, 2.75) is 40.7 Å². The van der Waals surface area contributed by atoms with Crippen LogP contribution < -0.4 is 0 Å². The minimum Gasteiger partial charge on any atom is -0.454 e. The van der Waals surface area contributed by atoms with Crippen LogP contribution in [0.2, 0.25) is 0 Å². The Kier molecular flexibility index (Phi) is 5.46. The number of furan rings is 1. The Morgan fingerprint density at radius 3 is 2.41 bits per heavy atom. The summed E-state index contributed by atoms with van der Waals surface area (Å²) in [5, 5.41) is 9.54. The second-order valence-corrected chi connectivity index (χ2v) is 7.16. The van der Waals surface area contributed by atoms with Crippen LogP contribution in [0.3, 0.4) is 0 Å². The third-order valence-electron chi connectivity index (χ3n) is 4.86. The zero-order valence-electron chi connectivity index (χ0n) is 17.1. The number of aryl methyl sites for hydroxylation is 2. The van der Waals surface area contributed by atoms with E-state index in [4.69, 9.17) is 9.15 Å². The van der Waals surface area contributed by atoms with Crippen LogP contribution in [0.5, 0.6) is 0 Å². The molecule has 3 rings (SSSR count). The van der Waals surface area contributed by atoms with E-state index >= 15 is 0 Å². The van der Waals surface area contributed by atoms with Gasteiger partial charge in [-0.15, -0.1) is 0 Å². The van der Waals surface area contributed by atoms with Gasteiger partial charge in [-0.25, -0.2) is 4.79 Å². The van der Waals surface area contributed by atoms with Gasteiger partial charge in [-0.3, -0.25) is 9.36 Å². The molecule has 0 fully saturated rings. The average molecular weight is 393 g/mol. The Morgan fingerprint density at radius 2 is 1.86 bits per heavy atom. The van der Waals surface area contributed by atoms with Crippen molar-refractivity contribution in [2.24, 2.45) is 0 Å². The Hall–Kier alpha value is -3.53. The lowest BCUT2D eigenvalue weighted by Crippen LogP contribution is -2.16. The summed E-state index contributed by atoms with van der Waals surface area (Å²) in [6.07, 6.45) is 3.42. The van der Waals surface area contributed by atoms with Crippen LogP contribution >= 0.6 is 0 Å². The third kappa shape index (κ3) is 3.61. The number of nitrogens with zero attached hydrogens (tertiary/aromatic N) is 3. The second kappa shape index (κ2) is 7.84. The number of ether oxygens (including phenoxy) is 1. The fourth-order valence-corrected chi connectivity index (χ4v) is 3.67. The Balaban J connectivity index is 1.81. The molecule has 3 heterocycles. The van der Waals surface area contributed by atoms with Gasteiger partial charge in [0.25, 0.3) is 0 Å². The predicted octanol–water partition coefficient (Wildman–Crippen LogP) is 4.29. The molecule has 0 aliphatic carbocycles. The molecule has 29 heavy (non-hydrogen) atoms. The zero-order chi connectivity index (χ0) is 21.3. The molecule has 0 aromatic carbocycles. The third-order valence-corrected chi connectivity index (χ3v) is 4.86. The molecule has 7 heteroatoms. The van der Waals surface area contributed by atoms with Crippen molar-refractivity contribution < 1.29 is 18.7 Å². The number of ketones is 1. The summed E-state index contributed by atoms with van der Waals surface area (Å²) in [4.78, 5) is 25.3. The van der Waals surface area contributed by atoms with E-state index in [0.717, 1.165) is 11.4 Å². The molecule has 0 aliphatic rings. The fourth-order valence-electron chi connectivity index (χ4n) is 3.67.